The average Bonchev–Trinajstić information content (AvgIpc) is 3.38. The molecule has 1 aliphatic rings. The van der Waals surface area contributed by atoms with Crippen molar-refractivity contribution in [3.05, 3.63) is 59.3 Å². The Morgan fingerprint density at radius 3 is 2.63 bits per heavy atom. The van der Waals surface area contributed by atoms with Crippen LogP contribution in [0, 0.1) is 4.84 Å². The molecule has 8 heteroatoms. The van der Waals surface area contributed by atoms with E-state index in [4.69, 9.17) is 25.8 Å². The zero-order valence-corrected chi connectivity index (χ0v) is 17.5. The first-order chi connectivity index (χ1) is 14.7. The van der Waals surface area contributed by atoms with E-state index in [1.165, 1.54) is 0 Å². The van der Waals surface area contributed by atoms with Crippen LogP contribution in [0.2, 0.25) is 0 Å². The lowest BCUT2D eigenvalue weighted by molar-refractivity contribution is 0.152. The van der Waals surface area contributed by atoms with Gasteiger partial charge in [0.05, 0.1) is 19.3 Å². The van der Waals surface area contributed by atoms with Gasteiger partial charge in [0.25, 0.3) is 10.7 Å². The number of likely N-dealkylation sites (tertiary alicyclic amines) is 1. The first-order valence-corrected chi connectivity index (χ1v) is 10.4. The van der Waals surface area contributed by atoms with Gasteiger partial charge in [0.1, 0.15) is 11.3 Å². The quantitative estimate of drug-likeness (QED) is 0.425. The van der Waals surface area contributed by atoms with Gasteiger partial charge in [0, 0.05) is 19.0 Å². The lowest BCUT2D eigenvalue weighted by Gasteiger charge is -2.29. The van der Waals surface area contributed by atoms with Crippen LogP contribution in [0.1, 0.15) is 24.7 Å². The van der Waals surface area contributed by atoms with Crippen molar-refractivity contribution in [2.75, 3.05) is 20.2 Å². The van der Waals surface area contributed by atoms with E-state index in [1.54, 1.807) is 11.8 Å². The molecule has 1 fully saturated rings. The van der Waals surface area contributed by atoms with Crippen LogP contribution >= 0.6 is 12.2 Å². The molecule has 1 saturated heterocycles. The minimum absolute atomic E-state index is 0.336. The molecule has 0 unspecified atom stereocenters. The molecule has 154 valence electrons. The highest BCUT2D eigenvalue weighted by molar-refractivity contribution is 7.71. The fraction of sp³-hybridized carbons (Fsp3) is 0.318. The minimum atomic E-state index is 0.336. The lowest BCUT2D eigenvalue weighted by atomic mass is 9.97. The second kappa shape index (κ2) is 8.04. The molecule has 7 nitrogen and oxygen atoms in total. The number of nitrogens with zero attached hydrogens (tertiary/aromatic N) is 4. The van der Waals surface area contributed by atoms with E-state index in [0.29, 0.717) is 29.1 Å². The summed E-state index contributed by atoms with van der Waals surface area (Å²) in [6.45, 7) is 2.43. The molecule has 0 saturated carbocycles. The van der Waals surface area contributed by atoms with Crippen LogP contribution in [0.25, 0.3) is 22.6 Å². The number of hydrogen-bond acceptors (Lipinski definition) is 7. The third kappa shape index (κ3) is 3.64. The van der Waals surface area contributed by atoms with Crippen molar-refractivity contribution in [2.45, 2.75) is 25.4 Å². The Bertz CT molecular complexity index is 1190. The first kappa shape index (κ1) is 19.0. The number of benzene rings is 2. The molecular weight excluding hydrogens is 400 g/mol. The summed E-state index contributed by atoms with van der Waals surface area (Å²) < 4.78 is 18.8. The molecular formula is C22H22N4O3S. The fourth-order valence-electron chi connectivity index (χ4n) is 3.90. The number of hydrogen-bond donors (Lipinski definition) is 0. The third-order valence-electron chi connectivity index (χ3n) is 5.52. The van der Waals surface area contributed by atoms with Crippen molar-refractivity contribution >= 4 is 23.3 Å². The van der Waals surface area contributed by atoms with Crippen molar-refractivity contribution in [1.29, 1.82) is 0 Å². The molecule has 0 radical (unpaired) electrons. The number of methoxy groups -OCH3 is 1. The Morgan fingerprint density at radius 2 is 1.83 bits per heavy atom. The van der Waals surface area contributed by atoms with Gasteiger partial charge in [0.2, 0.25) is 0 Å². The standard InChI is InChI=1S/C22H22N4O3S/c1-27-18-8-4-2-6-16(18)21-24-26(22(30)29-21)14-25-12-10-15(11-13-25)20-23-17-7-3-5-9-19(17)28-20/h2-9,15H,10-14H2,1H3. The lowest BCUT2D eigenvalue weighted by Crippen LogP contribution is -2.34. The van der Waals surface area contributed by atoms with Crippen LogP contribution in [-0.4, -0.2) is 39.9 Å². The van der Waals surface area contributed by atoms with E-state index in [1.807, 2.05) is 48.5 Å². The van der Waals surface area contributed by atoms with Gasteiger partial charge in [-0.25, -0.2) is 9.67 Å². The molecule has 3 heterocycles. The SMILES string of the molecule is COc1ccccc1-c1nn(CN2CCC(c3nc4ccccc4o3)CC2)c(=S)o1. The van der Waals surface area contributed by atoms with E-state index in [9.17, 15) is 0 Å². The van der Waals surface area contributed by atoms with Crippen LogP contribution in [0.5, 0.6) is 5.75 Å². The molecule has 4 aromatic rings. The number of para-hydroxylation sites is 3. The van der Waals surface area contributed by atoms with E-state index in [0.717, 1.165) is 48.5 Å². The Balaban J connectivity index is 1.26. The third-order valence-corrected chi connectivity index (χ3v) is 5.82. The second-order valence-corrected chi connectivity index (χ2v) is 7.78. The Labute approximate surface area is 178 Å². The smallest absolute Gasteiger partial charge is 0.288 e. The summed E-state index contributed by atoms with van der Waals surface area (Å²) in [4.78, 5) is 7.35. The largest absolute Gasteiger partial charge is 0.496 e. The topological polar surface area (TPSA) is 69.5 Å². The van der Waals surface area contributed by atoms with Gasteiger partial charge < -0.3 is 13.6 Å². The predicted octanol–water partition coefficient (Wildman–Crippen LogP) is 4.86. The zero-order valence-electron chi connectivity index (χ0n) is 16.7. The number of aromatic nitrogens is 3. The number of fused-ring (bicyclic) bond motifs is 1. The van der Waals surface area contributed by atoms with Crippen LogP contribution in [0.3, 0.4) is 0 Å². The Hall–Kier alpha value is -2.97. The summed E-state index contributed by atoms with van der Waals surface area (Å²) in [6.07, 6.45) is 1.97. The number of piperidine rings is 1. The molecule has 2 aromatic heterocycles. The van der Waals surface area contributed by atoms with Gasteiger partial charge in [0.15, 0.2) is 11.5 Å². The monoisotopic (exact) mass is 422 g/mol. The van der Waals surface area contributed by atoms with Crippen LogP contribution < -0.4 is 4.74 Å². The van der Waals surface area contributed by atoms with Gasteiger partial charge in [-0.1, -0.05) is 24.3 Å². The highest BCUT2D eigenvalue weighted by Crippen LogP contribution is 2.31. The molecule has 2 aromatic carbocycles. The summed E-state index contributed by atoms with van der Waals surface area (Å²) in [6, 6.07) is 15.5. The molecule has 0 N–H and O–H groups in total. The van der Waals surface area contributed by atoms with Crippen LogP contribution in [0.4, 0.5) is 0 Å². The molecule has 1 aliphatic heterocycles. The summed E-state index contributed by atoms with van der Waals surface area (Å²) >= 11 is 5.40. The average molecular weight is 423 g/mol. The van der Waals surface area contributed by atoms with E-state index in [-0.39, 0.29) is 0 Å². The van der Waals surface area contributed by atoms with Gasteiger partial charge in [-0.05, 0) is 49.3 Å². The number of ether oxygens (including phenoxy) is 1. The summed E-state index contributed by atoms with van der Waals surface area (Å²) in [5, 5.41) is 4.58. The predicted molar refractivity (Wildman–Crippen MR) is 115 cm³/mol. The van der Waals surface area contributed by atoms with Crippen LogP contribution in [-0.2, 0) is 6.67 Å². The molecule has 0 amide bonds. The molecule has 5 rings (SSSR count). The summed E-state index contributed by atoms with van der Waals surface area (Å²) in [5.74, 6) is 2.36. The highest BCUT2D eigenvalue weighted by atomic mass is 32.1. The Kier molecular flexibility index (Phi) is 5.10. The maximum Gasteiger partial charge on any atom is 0.288 e. The number of rotatable bonds is 5. The minimum Gasteiger partial charge on any atom is -0.496 e. The van der Waals surface area contributed by atoms with E-state index in [2.05, 4.69) is 15.0 Å². The maximum absolute atomic E-state index is 5.96. The highest BCUT2D eigenvalue weighted by Gasteiger charge is 2.25. The van der Waals surface area contributed by atoms with Gasteiger partial charge in [-0.2, -0.15) is 0 Å². The van der Waals surface area contributed by atoms with Crippen molar-refractivity contribution < 1.29 is 13.6 Å². The second-order valence-electron chi connectivity index (χ2n) is 7.43. The normalized spacial score (nSPS) is 15.6. The maximum atomic E-state index is 5.96. The van der Waals surface area contributed by atoms with Gasteiger partial charge in [-0.3, -0.25) is 4.90 Å². The number of oxazole rings is 1. The zero-order chi connectivity index (χ0) is 20.5. The van der Waals surface area contributed by atoms with Crippen molar-refractivity contribution in [1.82, 2.24) is 19.7 Å². The molecule has 0 bridgehead atoms. The fourth-order valence-corrected chi connectivity index (χ4v) is 4.08. The summed E-state index contributed by atoms with van der Waals surface area (Å²) in [7, 11) is 1.63. The van der Waals surface area contributed by atoms with Crippen molar-refractivity contribution in [3.8, 4) is 17.2 Å². The van der Waals surface area contributed by atoms with E-state index >= 15 is 0 Å². The van der Waals surface area contributed by atoms with Gasteiger partial charge in [-0.15, -0.1) is 5.10 Å². The first-order valence-electron chi connectivity index (χ1n) is 10.0. The molecule has 0 atom stereocenters. The van der Waals surface area contributed by atoms with Crippen LogP contribution in [0.15, 0.2) is 57.4 Å². The molecule has 0 spiro atoms. The molecule has 30 heavy (non-hydrogen) atoms. The van der Waals surface area contributed by atoms with Gasteiger partial charge >= 0.3 is 0 Å². The van der Waals surface area contributed by atoms with Crippen molar-refractivity contribution in [2.24, 2.45) is 0 Å². The Morgan fingerprint density at radius 1 is 1.07 bits per heavy atom. The van der Waals surface area contributed by atoms with E-state index < -0.39 is 0 Å². The summed E-state index contributed by atoms with van der Waals surface area (Å²) in [5.41, 5.74) is 2.57. The molecule has 0 aliphatic carbocycles. The van der Waals surface area contributed by atoms with Crippen molar-refractivity contribution in [3.63, 3.8) is 0 Å².